The normalized spacial score (nSPS) is 13.3. The minimum atomic E-state index is -0.204. The molecule has 0 unspecified atom stereocenters. The number of para-hydroxylation sites is 1. The van der Waals surface area contributed by atoms with E-state index in [1.807, 2.05) is 24.3 Å². The van der Waals surface area contributed by atoms with E-state index >= 15 is 0 Å². The van der Waals surface area contributed by atoms with Gasteiger partial charge in [0.2, 0.25) is 5.95 Å². The van der Waals surface area contributed by atoms with E-state index < -0.39 is 0 Å². The number of fused-ring (bicyclic) bond motifs is 1. The van der Waals surface area contributed by atoms with E-state index in [4.69, 9.17) is 0 Å². The molecule has 0 N–H and O–H groups in total. The first-order chi connectivity index (χ1) is 11.3. The molecule has 3 aromatic rings. The van der Waals surface area contributed by atoms with Gasteiger partial charge in [0.15, 0.2) is 5.16 Å². The maximum Gasteiger partial charge on any atom is 0.232 e. The van der Waals surface area contributed by atoms with E-state index in [1.54, 1.807) is 23.9 Å². The fourth-order valence-corrected chi connectivity index (χ4v) is 3.61. The van der Waals surface area contributed by atoms with Crippen LogP contribution in [0.1, 0.15) is 5.56 Å². The van der Waals surface area contributed by atoms with Crippen molar-refractivity contribution in [2.24, 2.45) is 0 Å². The maximum absolute atomic E-state index is 13.2. The highest BCUT2D eigenvalue weighted by Crippen LogP contribution is 2.32. The van der Waals surface area contributed by atoms with Crippen molar-refractivity contribution in [1.29, 1.82) is 0 Å². The Morgan fingerprint density at radius 3 is 2.70 bits per heavy atom. The van der Waals surface area contributed by atoms with E-state index in [1.165, 1.54) is 6.07 Å². The van der Waals surface area contributed by atoms with Gasteiger partial charge in [0.1, 0.15) is 5.82 Å². The molecule has 2 heterocycles. The number of hydrogen-bond donors (Lipinski definition) is 0. The van der Waals surface area contributed by atoms with Gasteiger partial charge in [0, 0.05) is 24.5 Å². The van der Waals surface area contributed by atoms with E-state index in [2.05, 4.69) is 31.8 Å². The van der Waals surface area contributed by atoms with Crippen LogP contribution in [0.2, 0.25) is 0 Å². The zero-order valence-corrected chi connectivity index (χ0v) is 13.2. The molecule has 23 heavy (non-hydrogen) atoms. The SMILES string of the molecule is Fc1cccc(CSc2nnc3n2CCN3c2ccccc2)c1. The highest BCUT2D eigenvalue weighted by atomic mass is 32.2. The third kappa shape index (κ3) is 2.82. The minimum Gasteiger partial charge on any atom is -0.309 e. The van der Waals surface area contributed by atoms with Crippen molar-refractivity contribution in [3.05, 3.63) is 66.0 Å². The Balaban J connectivity index is 1.52. The molecule has 0 aliphatic carbocycles. The summed E-state index contributed by atoms with van der Waals surface area (Å²) in [6, 6.07) is 16.9. The summed E-state index contributed by atoms with van der Waals surface area (Å²) in [5.74, 6) is 1.35. The smallest absolute Gasteiger partial charge is 0.232 e. The quantitative estimate of drug-likeness (QED) is 0.682. The van der Waals surface area contributed by atoms with Crippen molar-refractivity contribution >= 4 is 23.4 Å². The van der Waals surface area contributed by atoms with Crippen LogP contribution in [0, 0.1) is 5.82 Å². The van der Waals surface area contributed by atoms with Gasteiger partial charge < -0.3 is 4.90 Å². The Morgan fingerprint density at radius 2 is 1.87 bits per heavy atom. The van der Waals surface area contributed by atoms with Gasteiger partial charge in [0.05, 0.1) is 0 Å². The summed E-state index contributed by atoms with van der Waals surface area (Å²) in [4.78, 5) is 2.17. The van der Waals surface area contributed by atoms with Crippen LogP contribution in [-0.2, 0) is 12.3 Å². The molecule has 0 saturated heterocycles. The third-order valence-electron chi connectivity index (χ3n) is 3.81. The number of anilines is 2. The Kier molecular flexibility index (Phi) is 3.75. The lowest BCUT2D eigenvalue weighted by atomic mass is 10.2. The van der Waals surface area contributed by atoms with Crippen LogP contribution < -0.4 is 4.90 Å². The van der Waals surface area contributed by atoms with Gasteiger partial charge in [-0.2, -0.15) is 0 Å². The molecule has 1 aromatic heterocycles. The predicted octanol–water partition coefficient (Wildman–Crippen LogP) is 3.86. The monoisotopic (exact) mass is 326 g/mol. The average molecular weight is 326 g/mol. The van der Waals surface area contributed by atoms with Crippen LogP contribution in [0.4, 0.5) is 16.0 Å². The lowest BCUT2D eigenvalue weighted by Gasteiger charge is -2.14. The highest BCUT2D eigenvalue weighted by Gasteiger charge is 2.25. The first-order valence-electron chi connectivity index (χ1n) is 7.44. The Morgan fingerprint density at radius 1 is 1.00 bits per heavy atom. The molecule has 116 valence electrons. The summed E-state index contributed by atoms with van der Waals surface area (Å²) >= 11 is 1.59. The first kappa shape index (κ1) is 14.3. The molecule has 1 aliphatic rings. The molecule has 0 saturated carbocycles. The maximum atomic E-state index is 13.2. The molecular formula is C17H15FN4S. The minimum absolute atomic E-state index is 0.204. The van der Waals surface area contributed by atoms with Crippen LogP contribution in [0.15, 0.2) is 59.8 Å². The van der Waals surface area contributed by atoms with Crippen molar-refractivity contribution in [2.45, 2.75) is 17.5 Å². The van der Waals surface area contributed by atoms with Crippen molar-refractivity contribution in [1.82, 2.24) is 14.8 Å². The summed E-state index contributed by atoms with van der Waals surface area (Å²) in [5.41, 5.74) is 2.07. The number of nitrogens with zero attached hydrogens (tertiary/aromatic N) is 4. The van der Waals surface area contributed by atoms with Gasteiger partial charge in [0.25, 0.3) is 0 Å². The third-order valence-corrected chi connectivity index (χ3v) is 4.85. The molecule has 0 spiro atoms. The Labute approximate surface area is 138 Å². The number of rotatable bonds is 4. The molecule has 4 rings (SSSR count). The lowest BCUT2D eigenvalue weighted by molar-refractivity contribution is 0.626. The van der Waals surface area contributed by atoms with Crippen LogP contribution in [0.3, 0.4) is 0 Å². The van der Waals surface area contributed by atoms with Crippen molar-refractivity contribution in [2.75, 3.05) is 11.4 Å². The first-order valence-corrected chi connectivity index (χ1v) is 8.43. The number of halogens is 1. The standard InChI is InChI=1S/C17H15FN4S/c18-14-6-4-5-13(11-14)12-23-17-20-19-16-21(9-10-22(16)17)15-7-2-1-3-8-15/h1-8,11H,9-10,12H2. The molecule has 1 aliphatic heterocycles. The van der Waals surface area contributed by atoms with E-state index in [-0.39, 0.29) is 5.82 Å². The van der Waals surface area contributed by atoms with Gasteiger partial charge in [-0.1, -0.05) is 42.1 Å². The molecule has 0 atom stereocenters. The van der Waals surface area contributed by atoms with Gasteiger partial charge in [-0.15, -0.1) is 10.2 Å². The van der Waals surface area contributed by atoms with E-state index in [0.29, 0.717) is 5.75 Å². The van der Waals surface area contributed by atoms with Crippen molar-refractivity contribution < 1.29 is 4.39 Å². The van der Waals surface area contributed by atoms with Gasteiger partial charge in [-0.3, -0.25) is 4.57 Å². The second kappa shape index (κ2) is 6.04. The predicted molar refractivity (Wildman–Crippen MR) is 89.4 cm³/mol. The lowest BCUT2D eigenvalue weighted by Crippen LogP contribution is -2.13. The average Bonchev–Trinajstić information content (AvgIpc) is 3.16. The number of aromatic nitrogens is 3. The molecule has 0 fully saturated rings. The van der Waals surface area contributed by atoms with Crippen LogP contribution in [0.25, 0.3) is 0 Å². The van der Waals surface area contributed by atoms with Gasteiger partial charge >= 0.3 is 0 Å². The summed E-state index contributed by atoms with van der Waals surface area (Å²) in [5, 5.41) is 9.50. The summed E-state index contributed by atoms with van der Waals surface area (Å²) < 4.78 is 15.4. The van der Waals surface area contributed by atoms with Gasteiger partial charge in [-0.05, 0) is 29.8 Å². The number of thioether (sulfide) groups is 1. The summed E-state index contributed by atoms with van der Waals surface area (Å²) in [6.45, 7) is 1.76. The number of benzene rings is 2. The van der Waals surface area contributed by atoms with Gasteiger partial charge in [-0.25, -0.2) is 4.39 Å². The second-order valence-electron chi connectivity index (χ2n) is 5.34. The van der Waals surface area contributed by atoms with E-state index in [9.17, 15) is 4.39 Å². The van der Waals surface area contributed by atoms with Crippen LogP contribution in [0.5, 0.6) is 0 Å². The van der Waals surface area contributed by atoms with Crippen LogP contribution >= 0.6 is 11.8 Å². The van der Waals surface area contributed by atoms with E-state index in [0.717, 1.165) is 35.4 Å². The fraction of sp³-hybridized carbons (Fsp3) is 0.176. The Hall–Kier alpha value is -2.34. The topological polar surface area (TPSA) is 34.0 Å². The zero-order chi connectivity index (χ0) is 15.6. The zero-order valence-electron chi connectivity index (χ0n) is 12.4. The molecule has 6 heteroatoms. The largest absolute Gasteiger partial charge is 0.309 e. The van der Waals surface area contributed by atoms with Crippen molar-refractivity contribution in [3.63, 3.8) is 0 Å². The molecular weight excluding hydrogens is 311 g/mol. The molecule has 0 amide bonds. The summed E-state index contributed by atoms with van der Waals surface area (Å²) in [7, 11) is 0. The summed E-state index contributed by atoms with van der Waals surface area (Å²) in [6.07, 6.45) is 0. The molecule has 0 radical (unpaired) electrons. The molecule has 0 bridgehead atoms. The molecule has 4 nitrogen and oxygen atoms in total. The highest BCUT2D eigenvalue weighted by molar-refractivity contribution is 7.98. The van der Waals surface area contributed by atoms with Crippen molar-refractivity contribution in [3.8, 4) is 0 Å². The fourth-order valence-electron chi connectivity index (χ4n) is 2.71. The second-order valence-corrected chi connectivity index (χ2v) is 6.28. The molecule has 2 aromatic carbocycles. The Bertz CT molecular complexity index is 818. The van der Waals surface area contributed by atoms with Crippen LogP contribution in [-0.4, -0.2) is 21.3 Å². The number of hydrogen-bond acceptors (Lipinski definition) is 4.